The number of hydrogen-bond donors (Lipinski definition) is 1. The summed E-state index contributed by atoms with van der Waals surface area (Å²) in [5, 5.41) is 3.01. The molecule has 2 aromatic rings. The van der Waals surface area contributed by atoms with Crippen LogP contribution in [0.15, 0.2) is 48.5 Å². The summed E-state index contributed by atoms with van der Waals surface area (Å²) in [6.07, 6.45) is 4.97. The zero-order chi connectivity index (χ0) is 20.2. The number of benzene rings is 2. The lowest BCUT2D eigenvalue weighted by atomic mass is 9.87. The summed E-state index contributed by atoms with van der Waals surface area (Å²) < 4.78 is 15.8. The van der Waals surface area contributed by atoms with Crippen molar-refractivity contribution in [3.63, 3.8) is 0 Å². The highest BCUT2D eigenvalue weighted by atomic mass is 16.7. The van der Waals surface area contributed by atoms with Crippen LogP contribution >= 0.6 is 0 Å². The standard InChI is InChI=1S/C23H23NO5/c1-15(23(26)24-19-8-4-6-17-5-2-3-7-18(17)19)29-22(25)12-10-16-9-11-20-21(13-16)28-14-27-20/h2-3,5,7,9-13,15,19H,4,6,8,14H2,1H3,(H,24,26)/b12-10+/t15-,19+/m0/s1. The first-order valence-electron chi connectivity index (χ1n) is 9.76. The van der Waals surface area contributed by atoms with Gasteiger partial charge in [-0.1, -0.05) is 30.3 Å². The van der Waals surface area contributed by atoms with Gasteiger partial charge in [0.1, 0.15) is 0 Å². The molecule has 6 nitrogen and oxygen atoms in total. The molecule has 1 N–H and O–H groups in total. The van der Waals surface area contributed by atoms with E-state index in [0.29, 0.717) is 11.5 Å². The minimum absolute atomic E-state index is 0.0437. The lowest BCUT2D eigenvalue weighted by molar-refractivity contribution is -0.150. The van der Waals surface area contributed by atoms with E-state index in [1.165, 1.54) is 11.6 Å². The summed E-state index contributed by atoms with van der Waals surface area (Å²) in [5.74, 6) is 0.450. The number of carbonyl (C=O) groups is 2. The Labute approximate surface area is 169 Å². The normalized spacial score (nSPS) is 18.2. The maximum atomic E-state index is 12.5. The molecule has 0 aromatic heterocycles. The third-order valence-electron chi connectivity index (χ3n) is 5.16. The lowest BCUT2D eigenvalue weighted by Crippen LogP contribution is -2.39. The Morgan fingerprint density at radius 2 is 2.00 bits per heavy atom. The van der Waals surface area contributed by atoms with Crippen LogP contribution in [0.2, 0.25) is 0 Å². The van der Waals surface area contributed by atoms with Crippen molar-refractivity contribution in [3.8, 4) is 11.5 Å². The molecule has 0 saturated heterocycles. The van der Waals surface area contributed by atoms with Crippen molar-refractivity contribution in [1.82, 2.24) is 5.32 Å². The molecular formula is C23H23NO5. The van der Waals surface area contributed by atoms with Crippen molar-refractivity contribution < 1.29 is 23.8 Å². The van der Waals surface area contributed by atoms with Gasteiger partial charge < -0.3 is 19.5 Å². The summed E-state index contributed by atoms with van der Waals surface area (Å²) in [6, 6.07) is 13.5. The van der Waals surface area contributed by atoms with Gasteiger partial charge in [-0.05, 0) is 61.1 Å². The zero-order valence-electron chi connectivity index (χ0n) is 16.2. The second-order valence-electron chi connectivity index (χ2n) is 7.18. The zero-order valence-corrected chi connectivity index (χ0v) is 16.2. The molecule has 4 rings (SSSR count). The SMILES string of the molecule is C[C@H](OC(=O)/C=C/c1ccc2c(c1)OCO2)C(=O)N[C@@H]1CCCc2ccccc21. The van der Waals surface area contributed by atoms with Crippen LogP contribution in [-0.2, 0) is 20.7 Å². The average Bonchev–Trinajstić information content (AvgIpc) is 3.20. The Balaban J connectivity index is 1.32. The van der Waals surface area contributed by atoms with Crippen LogP contribution in [0.5, 0.6) is 11.5 Å². The van der Waals surface area contributed by atoms with Crippen molar-refractivity contribution in [2.24, 2.45) is 0 Å². The smallest absolute Gasteiger partial charge is 0.331 e. The average molecular weight is 393 g/mol. The van der Waals surface area contributed by atoms with E-state index in [2.05, 4.69) is 11.4 Å². The molecule has 1 aliphatic carbocycles. The van der Waals surface area contributed by atoms with Gasteiger partial charge in [-0.15, -0.1) is 0 Å². The summed E-state index contributed by atoms with van der Waals surface area (Å²) >= 11 is 0. The quantitative estimate of drug-likeness (QED) is 0.621. The Hall–Kier alpha value is -3.28. The Kier molecular flexibility index (Phi) is 5.51. The molecular weight excluding hydrogens is 370 g/mol. The molecule has 6 heteroatoms. The topological polar surface area (TPSA) is 73.9 Å². The van der Waals surface area contributed by atoms with Gasteiger partial charge in [0, 0.05) is 6.08 Å². The van der Waals surface area contributed by atoms with Crippen molar-refractivity contribution in [3.05, 3.63) is 65.2 Å². The molecule has 0 bridgehead atoms. The summed E-state index contributed by atoms with van der Waals surface area (Å²) in [4.78, 5) is 24.6. The third-order valence-corrected chi connectivity index (χ3v) is 5.16. The highest BCUT2D eigenvalue weighted by Gasteiger charge is 2.25. The largest absolute Gasteiger partial charge is 0.454 e. The number of nitrogens with one attached hydrogen (secondary N) is 1. The predicted octanol–water partition coefficient (Wildman–Crippen LogP) is 3.55. The Morgan fingerprint density at radius 1 is 1.17 bits per heavy atom. The lowest BCUT2D eigenvalue weighted by Gasteiger charge is -2.27. The van der Waals surface area contributed by atoms with Gasteiger partial charge in [0.25, 0.3) is 5.91 Å². The van der Waals surface area contributed by atoms with E-state index in [-0.39, 0.29) is 18.7 Å². The van der Waals surface area contributed by atoms with E-state index in [9.17, 15) is 9.59 Å². The van der Waals surface area contributed by atoms with Crippen LogP contribution in [0.4, 0.5) is 0 Å². The van der Waals surface area contributed by atoms with Crippen LogP contribution < -0.4 is 14.8 Å². The van der Waals surface area contributed by atoms with Crippen LogP contribution in [0.1, 0.15) is 42.5 Å². The minimum Gasteiger partial charge on any atom is -0.454 e. The fourth-order valence-electron chi connectivity index (χ4n) is 3.64. The van der Waals surface area contributed by atoms with Gasteiger partial charge in [-0.25, -0.2) is 4.79 Å². The van der Waals surface area contributed by atoms with E-state index in [4.69, 9.17) is 14.2 Å². The maximum absolute atomic E-state index is 12.5. The molecule has 2 aliphatic rings. The molecule has 29 heavy (non-hydrogen) atoms. The van der Waals surface area contributed by atoms with Gasteiger partial charge in [0.2, 0.25) is 6.79 Å². The van der Waals surface area contributed by atoms with E-state index < -0.39 is 12.1 Å². The molecule has 1 aliphatic heterocycles. The Bertz CT molecular complexity index is 952. The van der Waals surface area contributed by atoms with Crippen LogP contribution in [0.25, 0.3) is 6.08 Å². The molecule has 0 radical (unpaired) electrons. The number of rotatable bonds is 5. The van der Waals surface area contributed by atoms with E-state index >= 15 is 0 Å². The molecule has 0 unspecified atom stereocenters. The predicted molar refractivity (Wildman–Crippen MR) is 107 cm³/mol. The number of amides is 1. The van der Waals surface area contributed by atoms with Gasteiger partial charge in [0.15, 0.2) is 17.6 Å². The van der Waals surface area contributed by atoms with Crippen LogP contribution in [0, 0.1) is 0 Å². The first kappa shape index (κ1) is 19.1. The molecule has 1 heterocycles. The monoisotopic (exact) mass is 393 g/mol. The molecule has 2 aromatic carbocycles. The van der Waals surface area contributed by atoms with Crippen molar-refractivity contribution in [1.29, 1.82) is 0 Å². The summed E-state index contributed by atoms with van der Waals surface area (Å²) in [5.41, 5.74) is 3.19. The maximum Gasteiger partial charge on any atom is 0.331 e. The third kappa shape index (κ3) is 4.42. The minimum atomic E-state index is -0.877. The van der Waals surface area contributed by atoms with Crippen LogP contribution in [-0.4, -0.2) is 24.8 Å². The van der Waals surface area contributed by atoms with Gasteiger partial charge in [-0.3, -0.25) is 4.79 Å². The van der Waals surface area contributed by atoms with Crippen molar-refractivity contribution in [2.45, 2.75) is 38.3 Å². The molecule has 1 amide bonds. The number of hydrogen-bond acceptors (Lipinski definition) is 5. The molecule has 150 valence electrons. The second-order valence-corrected chi connectivity index (χ2v) is 7.18. The Morgan fingerprint density at radius 3 is 2.90 bits per heavy atom. The van der Waals surface area contributed by atoms with Gasteiger partial charge >= 0.3 is 5.97 Å². The fraction of sp³-hybridized carbons (Fsp3) is 0.304. The van der Waals surface area contributed by atoms with Gasteiger partial charge in [-0.2, -0.15) is 0 Å². The van der Waals surface area contributed by atoms with Crippen molar-refractivity contribution in [2.75, 3.05) is 6.79 Å². The number of ether oxygens (including phenoxy) is 3. The highest BCUT2D eigenvalue weighted by Crippen LogP contribution is 2.33. The molecule has 0 spiro atoms. The first-order chi connectivity index (χ1) is 14.1. The second kappa shape index (κ2) is 8.39. The van der Waals surface area contributed by atoms with Crippen LogP contribution in [0.3, 0.4) is 0 Å². The summed E-state index contributed by atoms with van der Waals surface area (Å²) in [7, 11) is 0. The fourth-order valence-corrected chi connectivity index (χ4v) is 3.64. The number of fused-ring (bicyclic) bond motifs is 2. The van der Waals surface area contributed by atoms with E-state index in [0.717, 1.165) is 30.4 Å². The number of aryl methyl sites for hydroxylation is 1. The van der Waals surface area contributed by atoms with E-state index in [1.807, 2.05) is 24.3 Å². The van der Waals surface area contributed by atoms with Crippen molar-refractivity contribution >= 4 is 18.0 Å². The summed E-state index contributed by atoms with van der Waals surface area (Å²) in [6.45, 7) is 1.78. The highest BCUT2D eigenvalue weighted by molar-refractivity contribution is 5.90. The first-order valence-corrected chi connectivity index (χ1v) is 9.76. The van der Waals surface area contributed by atoms with Gasteiger partial charge in [0.05, 0.1) is 6.04 Å². The number of esters is 1. The number of carbonyl (C=O) groups excluding carboxylic acids is 2. The molecule has 0 saturated carbocycles. The molecule has 2 atom stereocenters. The molecule has 0 fully saturated rings. The van der Waals surface area contributed by atoms with E-state index in [1.54, 1.807) is 25.1 Å².